The van der Waals surface area contributed by atoms with Crippen molar-refractivity contribution in [2.24, 2.45) is 11.5 Å². The molecule has 246 valence electrons. The molecule has 1 fully saturated rings. The van der Waals surface area contributed by atoms with Gasteiger partial charge in [0.15, 0.2) is 5.82 Å². The highest BCUT2D eigenvalue weighted by atomic mass is 16.5. The molecule has 47 heavy (non-hydrogen) atoms. The summed E-state index contributed by atoms with van der Waals surface area (Å²) in [5, 5.41) is 5.47. The second-order valence-electron chi connectivity index (χ2n) is 12.6. The molecule has 0 aliphatic carbocycles. The summed E-state index contributed by atoms with van der Waals surface area (Å²) in [6.07, 6.45) is 4.41. The molecule has 2 heterocycles. The van der Waals surface area contributed by atoms with E-state index in [4.69, 9.17) is 16.2 Å². The third-order valence-electron chi connectivity index (χ3n) is 8.42. The number of aromatic nitrogens is 2. The first-order chi connectivity index (χ1) is 22.5. The molecule has 1 aliphatic heterocycles. The van der Waals surface area contributed by atoms with Crippen LogP contribution in [0.15, 0.2) is 104 Å². The Kier molecular flexibility index (Phi) is 10.5. The van der Waals surface area contributed by atoms with E-state index in [-0.39, 0.29) is 24.9 Å². The molecule has 1 saturated heterocycles. The van der Waals surface area contributed by atoms with Crippen LogP contribution in [0.4, 0.5) is 5.82 Å². The molecule has 11 heteroatoms. The fraction of sp³-hybridized carbons (Fsp3) is 0.333. The van der Waals surface area contributed by atoms with Gasteiger partial charge in [0, 0.05) is 24.8 Å². The average Bonchev–Trinajstić information content (AvgIpc) is 3.53. The van der Waals surface area contributed by atoms with Crippen molar-refractivity contribution >= 4 is 23.5 Å². The Labute approximate surface area is 275 Å². The zero-order chi connectivity index (χ0) is 33.4. The Balaban J connectivity index is 1.30. The van der Waals surface area contributed by atoms with Gasteiger partial charge >= 0.3 is 0 Å². The third-order valence-corrected chi connectivity index (χ3v) is 8.42. The number of hydrogen-bond acceptors (Lipinski definition) is 7. The second-order valence-corrected chi connectivity index (χ2v) is 12.6. The van der Waals surface area contributed by atoms with Gasteiger partial charge in [-0.15, -0.1) is 0 Å². The summed E-state index contributed by atoms with van der Waals surface area (Å²) in [7, 11) is 0. The van der Waals surface area contributed by atoms with Crippen molar-refractivity contribution in [1.82, 2.24) is 19.8 Å². The normalized spacial score (nSPS) is 15.8. The molecule has 0 saturated carbocycles. The number of ether oxygens (including phenoxy) is 1. The van der Waals surface area contributed by atoms with Crippen LogP contribution < -0.4 is 22.1 Å². The maximum atomic E-state index is 14.1. The van der Waals surface area contributed by atoms with Gasteiger partial charge in [-0.25, -0.2) is 4.98 Å². The molecule has 4 aromatic rings. The number of hydrogen-bond donors (Lipinski definition) is 4. The summed E-state index contributed by atoms with van der Waals surface area (Å²) in [6.45, 7) is 4.30. The number of nitrogens with two attached hydrogens (primary N) is 2. The standard InChI is InChI=1S/C36H43N7O4/c1-35(2,37)34(46)40-29(24-47-23-26-12-6-3-7-13-26)32(44)41-30-22-43(25-39-30)31(27-14-8-4-9-15-27)33(45)42-20-18-36(38,19-21-42)28-16-10-5-11-17-28/h3-17,22,25,29,31H,18-21,23-24,37-38H2,1-2H3,(H,40,46)(H,41,44)/t29-,31?/m1/s1. The first-order valence-electron chi connectivity index (χ1n) is 15.8. The number of anilines is 1. The van der Waals surface area contributed by atoms with Crippen molar-refractivity contribution in [2.75, 3.05) is 25.0 Å². The van der Waals surface area contributed by atoms with Gasteiger partial charge < -0.3 is 36.3 Å². The summed E-state index contributed by atoms with van der Waals surface area (Å²) in [6, 6.07) is 27.2. The highest BCUT2D eigenvalue weighted by Gasteiger charge is 2.37. The zero-order valence-corrected chi connectivity index (χ0v) is 26.8. The van der Waals surface area contributed by atoms with Crippen molar-refractivity contribution in [3.8, 4) is 0 Å². The van der Waals surface area contributed by atoms with Crippen molar-refractivity contribution in [2.45, 2.75) is 56.5 Å². The summed E-state index contributed by atoms with van der Waals surface area (Å²) in [5.74, 6) is -0.899. The van der Waals surface area contributed by atoms with E-state index in [0.29, 0.717) is 25.9 Å². The van der Waals surface area contributed by atoms with Gasteiger partial charge in [-0.3, -0.25) is 14.4 Å². The lowest BCUT2D eigenvalue weighted by atomic mass is 9.82. The van der Waals surface area contributed by atoms with E-state index < -0.39 is 35.0 Å². The van der Waals surface area contributed by atoms with Gasteiger partial charge in [-0.05, 0) is 43.4 Å². The maximum Gasteiger partial charge on any atom is 0.250 e. The van der Waals surface area contributed by atoms with Crippen LogP contribution in [-0.2, 0) is 31.3 Å². The largest absolute Gasteiger partial charge is 0.374 e. The highest BCUT2D eigenvalue weighted by molar-refractivity contribution is 5.98. The Morgan fingerprint density at radius 1 is 0.936 bits per heavy atom. The van der Waals surface area contributed by atoms with Crippen LogP contribution in [0.1, 0.15) is 49.4 Å². The fourth-order valence-electron chi connectivity index (χ4n) is 5.59. The van der Waals surface area contributed by atoms with Gasteiger partial charge in [-0.1, -0.05) is 91.0 Å². The van der Waals surface area contributed by atoms with Crippen LogP contribution in [0, 0.1) is 0 Å². The topological polar surface area (TPSA) is 158 Å². The highest BCUT2D eigenvalue weighted by Crippen LogP contribution is 2.32. The smallest absolute Gasteiger partial charge is 0.250 e. The molecule has 0 spiro atoms. The van der Waals surface area contributed by atoms with Gasteiger partial charge in [0.05, 0.1) is 25.1 Å². The number of nitrogens with zero attached hydrogens (tertiary/aromatic N) is 3. The van der Waals surface area contributed by atoms with Gasteiger partial charge in [0.1, 0.15) is 12.1 Å². The molecule has 11 nitrogen and oxygen atoms in total. The van der Waals surface area contributed by atoms with E-state index in [1.54, 1.807) is 24.6 Å². The van der Waals surface area contributed by atoms with Gasteiger partial charge in [-0.2, -0.15) is 0 Å². The number of carbonyl (C=O) groups excluding carboxylic acids is 3. The molecule has 3 amide bonds. The van der Waals surface area contributed by atoms with Crippen LogP contribution in [0.3, 0.4) is 0 Å². The molecule has 6 N–H and O–H groups in total. The zero-order valence-electron chi connectivity index (χ0n) is 26.8. The fourth-order valence-corrected chi connectivity index (χ4v) is 5.59. The predicted octanol–water partition coefficient (Wildman–Crippen LogP) is 3.33. The first kappa shape index (κ1) is 33.5. The number of imidazole rings is 1. The summed E-state index contributed by atoms with van der Waals surface area (Å²) in [4.78, 5) is 46.5. The van der Waals surface area contributed by atoms with Crippen LogP contribution >= 0.6 is 0 Å². The molecule has 1 aromatic heterocycles. The predicted molar refractivity (Wildman–Crippen MR) is 180 cm³/mol. The average molecular weight is 638 g/mol. The number of carbonyl (C=O) groups is 3. The van der Waals surface area contributed by atoms with Crippen molar-refractivity contribution in [3.05, 3.63) is 120 Å². The van der Waals surface area contributed by atoms with Crippen LogP contribution in [0.25, 0.3) is 0 Å². The minimum absolute atomic E-state index is 0.0883. The number of benzene rings is 3. The van der Waals surface area contributed by atoms with E-state index in [1.165, 1.54) is 6.33 Å². The van der Waals surface area contributed by atoms with Crippen molar-refractivity contribution in [1.29, 1.82) is 0 Å². The molecule has 0 bridgehead atoms. The first-order valence-corrected chi connectivity index (χ1v) is 15.8. The number of nitrogens with one attached hydrogen (secondary N) is 2. The van der Waals surface area contributed by atoms with Gasteiger partial charge in [0.2, 0.25) is 11.8 Å². The Morgan fingerprint density at radius 2 is 1.53 bits per heavy atom. The van der Waals surface area contributed by atoms with Crippen LogP contribution in [-0.4, -0.2) is 63.4 Å². The van der Waals surface area contributed by atoms with E-state index in [2.05, 4.69) is 15.6 Å². The van der Waals surface area contributed by atoms with E-state index >= 15 is 0 Å². The number of piperidine rings is 1. The molecular formula is C36H43N7O4. The quantitative estimate of drug-likeness (QED) is 0.186. The number of likely N-dealkylation sites (tertiary alicyclic amines) is 1. The van der Waals surface area contributed by atoms with Crippen LogP contribution in [0.5, 0.6) is 0 Å². The monoisotopic (exact) mass is 637 g/mol. The van der Waals surface area contributed by atoms with E-state index in [1.807, 2.05) is 95.9 Å². The van der Waals surface area contributed by atoms with E-state index in [0.717, 1.165) is 16.7 Å². The van der Waals surface area contributed by atoms with Crippen molar-refractivity contribution in [3.63, 3.8) is 0 Å². The van der Waals surface area contributed by atoms with Gasteiger partial charge in [0.25, 0.3) is 5.91 Å². The number of amides is 3. The second kappa shape index (κ2) is 14.7. The van der Waals surface area contributed by atoms with E-state index in [9.17, 15) is 14.4 Å². The molecule has 5 rings (SSSR count). The minimum Gasteiger partial charge on any atom is -0.374 e. The maximum absolute atomic E-state index is 14.1. The SMILES string of the molecule is CC(C)(N)C(=O)N[C@H](COCc1ccccc1)C(=O)Nc1cn(C(C(=O)N2CCC(N)(c3ccccc3)CC2)c2ccccc2)cn1. The molecular weight excluding hydrogens is 594 g/mol. The summed E-state index contributed by atoms with van der Waals surface area (Å²) in [5.41, 5.74) is 13.9. The Morgan fingerprint density at radius 3 is 2.15 bits per heavy atom. The molecule has 1 aliphatic rings. The van der Waals surface area contributed by atoms with Crippen LogP contribution in [0.2, 0.25) is 0 Å². The lowest BCUT2D eigenvalue weighted by Crippen LogP contribution is -2.56. The summed E-state index contributed by atoms with van der Waals surface area (Å²) < 4.78 is 7.49. The Hall–Kier alpha value is -4.84. The molecule has 2 atom stereocenters. The molecule has 0 radical (unpaired) electrons. The molecule has 3 aromatic carbocycles. The lowest BCUT2D eigenvalue weighted by molar-refractivity contribution is -0.135. The minimum atomic E-state index is -1.21. The molecule has 1 unspecified atom stereocenters. The summed E-state index contributed by atoms with van der Waals surface area (Å²) >= 11 is 0. The number of rotatable bonds is 12. The third kappa shape index (κ3) is 8.50. The van der Waals surface area contributed by atoms with Crippen molar-refractivity contribution < 1.29 is 19.1 Å². The lowest BCUT2D eigenvalue weighted by Gasteiger charge is -2.40. The Bertz CT molecular complexity index is 1630.